The smallest absolute Gasteiger partial charge is 0.316 e. The van der Waals surface area contributed by atoms with Gasteiger partial charge < -0.3 is 25.9 Å². The van der Waals surface area contributed by atoms with Crippen LogP contribution < -0.4 is 21.7 Å². The third-order valence-electron chi connectivity index (χ3n) is 3.43. The zero-order valence-corrected chi connectivity index (χ0v) is 16.2. The summed E-state index contributed by atoms with van der Waals surface area (Å²) in [4.78, 5) is 35.7. The van der Waals surface area contributed by atoms with Gasteiger partial charge >= 0.3 is 5.97 Å². The second kappa shape index (κ2) is 10.2. The molecule has 1 heterocycles. The summed E-state index contributed by atoms with van der Waals surface area (Å²) in [7, 11) is 0. The van der Waals surface area contributed by atoms with E-state index < -0.39 is 23.0 Å². The molecule has 150 valence electrons. The molecule has 1 aliphatic heterocycles. The number of benzene rings is 1. The lowest BCUT2D eigenvalue weighted by atomic mass is 10.2. The van der Waals surface area contributed by atoms with Crippen LogP contribution in [0.15, 0.2) is 46.9 Å². The maximum atomic E-state index is 12.2. The van der Waals surface area contributed by atoms with Crippen LogP contribution in [0, 0.1) is 5.41 Å². The topological polar surface area (TPSA) is 146 Å². The SMILES string of the molecule is CCCC(=O)O[SH]1C=CC(NC(=O)CNC(=O)c2cccc(NC(=N)N)c2)=C1. The fourth-order valence-corrected chi connectivity index (χ4v) is 3.49. The lowest BCUT2D eigenvalue weighted by Crippen LogP contribution is -2.36. The summed E-state index contributed by atoms with van der Waals surface area (Å²) < 4.78 is 5.27. The van der Waals surface area contributed by atoms with E-state index in [9.17, 15) is 14.4 Å². The van der Waals surface area contributed by atoms with Crippen molar-refractivity contribution in [2.24, 2.45) is 5.73 Å². The Hall–Kier alpha value is -3.27. The fourth-order valence-electron chi connectivity index (χ4n) is 2.24. The summed E-state index contributed by atoms with van der Waals surface area (Å²) in [6, 6.07) is 6.40. The van der Waals surface area contributed by atoms with Crippen LogP contribution in [0.1, 0.15) is 30.1 Å². The average Bonchev–Trinajstić information content (AvgIpc) is 3.06. The number of carbonyl (C=O) groups is 3. The van der Waals surface area contributed by atoms with Gasteiger partial charge in [-0.1, -0.05) is 24.2 Å². The van der Waals surface area contributed by atoms with Crippen molar-refractivity contribution < 1.29 is 18.6 Å². The Balaban J connectivity index is 1.81. The Morgan fingerprint density at radius 1 is 1.25 bits per heavy atom. The van der Waals surface area contributed by atoms with Crippen molar-refractivity contribution in [1.29, 1.82) is 5.41 Å². The van der Waals surface area contributed by atoms with E-state index in [0.29, 0.717) is 29.8 Å². The minimum Gasteiger partial charge on any atom is -0.410 e. The Kier molecular flexibility index (Phi) is 7.64. The second-order valence-electron chi connectivity index (χ2n) is 5.82. The number of allylic oxidation sites excluding steroid dienone is 1. The van der Waals surface area contributed by atoms with Gasteiger partial charge in [-0.2, -0.15) is 0 Å². The molecule has 28 heavy (non-hydrogen) atoms. The number of nitrogens with one attached hydrogen (secondary N) is 4. The molecule has 0 radical (unpaired) electrons. The third kappa shape index (κ3) is 6.80. The zero-order chi connectivity index (χ0) is 20.5. The van der Waals surface area contributed by atoms with Crippen LogP contribution in [-0.4, -0.2) is 30.3 Å². The highest BCUT2D eigenvalue weighted by atomic mass is 32.2. The Labute approximate surface area is 165 Å². The van der Waals surface area contributed by atoms with Gasteiger partial charge in [-0.3, -0.25) is 19.8 Å². The molecule has 1 aliphatic rings. The number of hydrogen-bond acceptors (Lipinski definition) is 5. The molecule has 1 aromatic carbocycles. The molecule has 0 bridgehead atoms. The summed E-state index contributed by atoms with van der Waals surface area (Å²) in [5.41, 5.74) is 6.61. The first-order valence-electron chi connectivity index (χ1n) is 8.55. The van der Waals surface area contributed by atoms with Crippen LogP contribution in [0.25, 0.3) is 0 Å². The summed E-state index contributed by atoms with van der Waals surface area (Å²) in [6.07, 6.45) is 2.74. The molecular weight excluding hydrogens is 382 g/mol. The average molecular weight is 405 g/mol. The molecule has 1 unspecified atom stereocenters. The lowest BCUT2D eigenvalue weighted by molar-refractivity contribution is -0.133. The van der Waals surface area contributed by atoms with Crippen LogP contribution in [-0.2, 0) is 13.8 Å². The fraction of sp³-hybridized carbons (Fsp3) is 0.222. The lowest BCUT2D eigenvalue weighted by Gasteiger charge is -2.11. The molecule has 9 nitrogen and oxygen atoms in total. The molecule has 0 aliphatic carbocycles. The molecule has 0 spiro atoms. The highest BCUT2D eigenvalue weighted by Crippen LogP contribution is 2.36. The summed E-state index contributed by atoms with van der Waals surface area (Å²) >= 11 is -1.16. The van der Waals surface area contributed by atoms with Gasteiger partial charge in [0.1, 0.15) is 0 Å². The van der Waals surface area contributed by atoms with E-state index in [0.717, 1.165) is 0 Å². The molecule has 2 rings (SSSR count). The summed E-state index contributed by atoms with van der Waals surface area (Å²) in [6.45, 7) is 1.67. The van der Waals surface area contributed by atoms with Crippen molar-refractivity contribution in [2.45, 2.75) is 19.8 Å². The van der Waals surface area contributed by atoms with Crippen molar-refractivity contribution >= 4 is 40.6 Å². The predicted molar refractivity (Wildman–Crippen MR) is 110 cm³/mol. The molecule has 10 heteroatoms. The van der Waals surface area contributed by atoms with Crippen LogP contribution in [0.2, 0.25) is 0 Å². The normalized spacial score (nSPS) is 16.0. The van der Waals surface area contributed by atoms with Crippen LogP contribution >= 0.6 is 11.2 Å². The largest absolute Gasteiger partial charge is 0.410 e. The summed E-state index contributed by atoms with van der Waals surface area (Å²) in [5.74, 6) is -1.35. The Morgan fingerprint density at radius 2 is 2.04 bits per heavy atom. The quantitative estimate of drug-likeness (QED) is 0.219. The van der Waals surface area contributed by atoms with Gasteiger partial charge in [0.25, 0.3) is 5.91 Å². The van der Waals surface area contributed by atoms with E-state index in [1.807, 2.05) is 6.92 Å². The molecule has 1 atom stereocenters. The molecule has 0 aromatic heterocycles. The molecule has 2 amide bonds. The number of hydrogen-bond donors (Lipinski definition) is 6. The standard InChI is InChI=1S/C18H23N5O4S/c1-2-4-16(25)27-28-8-7-14(11-28)22-15(24)10-21-17(26)12-5-3-6-13(9-12)23-18(19)20/h3,5-9,11,28H,2,4,10H2,1H3,(H,21,26)(H,22,24)(H4,19,20,23). The van der Waals surface area contributed by atoms with Crippen molar-refractivity contribution in [3.63, 3.8) is 0 Å². The van der Waals surface area contributed by atoms with E-state index in [1.165, 1.54) is 6.07 Å². The number of anilines is 1. The third-order valence-corrected chi connectivity index (χ3v) is 4.82. The highest BCUT2D eigenvalue weighted by molar-refractivity contribution is 8.18. The number of nitrogens with two attached hydrogens (primary N) is 1. The minimum atomic E-state index is -1.16. The first kappa shape index (κ1) is 21.0. The Bertz CT molecular complexity index is 837. The van der Waals surface area contributed by atoms with Gasteiger partial charge in [-0.25, -0.2) is 0 Å². The van der Waals surface area contributed by atoms with Gasteiger partial charge in [0.15, 0.2) is 5.96 Å². The predicted octanol–water partition coefficient (Wildman–Crippen LogP) is 1.47. The Morgan fingerprint density at radius 3 is 2.75 bits per heavy atom. The van der Waals surface area contributed by atoms with E-state index in [2.05, 4.69) is 16.0 Å². The van der Waals surface area contributed by atoms with Gasteiger partial charge in [-0.15, -0.1) is 0 Å². The van der Waals surface area contributed by atoms with Gasteiger partial charge in [-0.05, 0) is 36.1 Å². The number of rotatable bonds is 8. The first-order chi connectivity index (χ1) is 13.4. The maximum absolute atomic E-state index is 12.2. The molecule has 0 fully saturated rings. The van der Waals surface area contributed by atoms with Gasteiger partial charge in [0.05, 0.1) is 6.54 Å². The van der Waals surface area contributed by atoms with Crippen molar-refractivity contribution in [2.75, 3.05) is 11.9 Å². The molecule has 0 saturated carbocycles. The van der Waals surface area contributed by atoms with Crippen LogP contribution in [0.3, 0.4) is 0 Å². The molecular formula is C18H23N5O4S. The van der Waals surface area contributed by atoms with E-state index in [4.69, 9.17) is 15.3 Å². The molecule has 1 aromatic rings. The monoisotopic (exact) mass is 405 g/mol. The van der Waals surface area contributed by atoms with Crippen LogP contribution in [0.5, 0.6) is 0 Å². The number of guanidine groups is 1. The summed E-state index contributed by atoms with van der Waals surface area (Å²) in [5, 5.41) is 18.4. The van der Waals surface area contributed by atoms with E-state index >= 15 is 0 Å². The molecule has 6 N–H and O–H groups in total. The number of carbonyl (C=O) groups excluding carboxylic acids is 3. The first-order valence-corrected chi connectivity index (χ1v) is 9.95. The van der Waals surface area contributed by atoms with Crippen molar-refractivity contribution in [3.8, 4) is 0 Å². The van der Waals surface area contributed by atoms with Crippen molar-refractivity contribution in [1.82, 2.24) is 10.6 Å². The number of thiol groups is 1. The van der Waals surface area contributed by atoms with E-state index in [1.54, 1.807) is 35.1 Å². The van der Waals surface area contributed by atoms with Crippen LogP contribution in [0.4, 0.5) is 5.69 Å². The van der Waals surface area contributed by atoms with Gasteiger partial charge in [0.2, 0.25) is 5.91 Å². The highest BCUT2D eigenvalue weighted by Gasteiger charge is 2.14. The maximum Gasteiger partial charge on any atom is 0.316 e. The second-order valence-corrected chi connectivity index (χ2v) is 7.28. The van der Waals surface area contributed by atoms with Crippen molar-refractivity contribution in [3.05, 3.63) is 52.4 Å². The van der Waals surface area contributed by atoms with Gasteiger partial charge in [0, 0.05) is 28.8 Å². The minimum absolute atomic E-state index is 0.220. The number of amides is 2. The molecule has 0 saturated heterocycles. The van der Waals surface area contributed by atoms with E-state index in [-0.39, 0.29) is 18.5 Å². The zero-order valence-electron chi connectivity index (χ0n) is 15.3.